The normalized spacial score (nSPS) is 10.8. The molecule has 0 bridgehead atoms. The molecule has 0 atom stereocenters. The molecule has 0 saturated carbocycles. The van der Waals surface area contributed by atoms with E-state index in [4.69, 9.17) is 9.47 Å². The highest BCUT2D eigenvalue weighted by atomic mass is 32.1. The van der Waals surface area contributed by atoms with Gasteiger partial charge in [0, 0.05) is 17.2 Å². The van der Waals surface area contributed by atoms with Gasteiger partial charge in [-0.15, -0.1) is 11.3 Å². The van der Waals surface area contributed by atoms with Gasteiger partial charge in [-0.3, -0.25) is 9.59 Å². The second kappa shape index (κ2) is 10.5. The van der Waals surface area contributed by atoms with E-state index in [2.05, 4.69) is 10.4 Å². The van der Waals surface area contributed by atoms with Gasteiger partial charge in [-0.25, -0.2) is 9.18 Å². The minimum Gasteiger partial charge on any atom is -0.497 e. The molecule has 2 aromatic carbocycles. The van der Waals surface area contributed by atoms with Crippen molar-refractivity contribution >= 4 is 39.0 Å². The van der Waals surface area contributed by atoms with Gasteiger partial charge < -0.3 is 14.8 Å². The van der Waals surface area contributed by atoms with Gasteiger partial charge in [0.1, 0.15) is 22.3 Å². The van der Waals surface area contributed by atoms with Crippen LogP contribution in [0.5, 0.6) is 5.75 Å². The number of carbonyl (C=O) groups excluding carboxylic acids is 2. The number of halogens is 1. The fourth-order valence-electron chi connectivity index (χ4n) is 3.52. The number of amides is 1. The maximum atomic E-state index is 14.5. The zero-order valence-corrected chi connectivity index (χ0v) is 19.9. The number of hydrogen-bond acceptors (Lipinski definition) is 7. The van der Waals surface area contributed by atoms with Crippen LogP contribution in [0.3, 0.4) is 0 Å². The van der Waals surface area contributed by atoms with Crippen LogP contribution in [0.4, 0.5) is 9.39 Å². The SMILES string of the molecule is CCOC(=O)c1nn(-c2ccccc2F)c(=O)c2c(NC(=O)CCc3ccc(OC)cc3)scc12. The predicted octanol–water partition coefficient (Wildman–Crippen LogP) is 4.34. The molecule has 35 heavy (non-hydrogen) atoms. The Balaban J connectivity index is 1.69. The lowest BCUT2D eigenvalue weighted by Crippen LogP contribution is -2.26. The first-order valence-electron chi connectivity index (χ1n) is 10.8. The van der Waals surface area contributed by atoms with Crippen LogP contribution >= 0.6 is 11.3 Å². The van der Waals surface area contributed by atoms with E-state index in [9.17, 15) is 18.8 Å². The maximum absolute atomic E-state index is 14.5. The molecule has 10 heteroatoms. The van der Waals surface area contributed by atoms with Crippen molar-refractivity contribution in [1.82, 2.24) is 9.78 Å². The van der Waals surface area contributed by atoms with E-state index in [1.54, 1.807) is 25.5 Å². The minimum atomic E-state index is -0.752. The summed E-state index contributed by atoms with van der Waals surface area (Å²) < 4.78 is 25.5. The molecule has 4 rings (SSSR count). The zero-order valence-electron chi connectivity index (χ0n) is 19.0. The van der Waals surface area contributed by atoms with Crippen molar-refractivity contribution in [1.29, 1.82) is 0 Å². The standard InChI is InChI=1S/C25H22FN3O5S/c1-3-34-25(32)22-17-14-35-23(27-20(30)13-10-15-8-11-16(33-2)12-9-15)21(17)24(31)29(28-22)19-7-5-4-6-18(19)26/h4-9,11-12,14H,3,10,13H2,1-2H3,(H,27,30). The first kappa shape index (κ1) is 24.1. The Kier molecular flexibility index (Phi) is 7.21. The van der Waals surface area contributed by atoms with Gasteiger partial charge in [0.2, 0.25) is 5.91 Å². The molecule has 0 saturated heterocycles. The highest BCUT2D eigenvalue weighted by Crippen LogP contribution is 2.31. The minimum absolute atomic E-state index is 0.0640. The first-order valence-corrected chi connectivity index (χ1v) is 11.7. The van der Waals surface area contributed by atoms with Crippen LogP contribution in [-0.4, -0.2) is 35.4 Å². The maximum Gasteiger partial charge on any atom is 0.359 e. The Hall–Kier alpha value is -4.05. The molecule has 0 fully saturated rings. The topological polar surface area (TPSA) is 99.5 Å². The zero-order chi connectivity index (χ0) is 24.9. The molecule has 8 nitrogen and oxygen atoms in total. The number of methoxy groups -OCH3 is 1. The number of para-hydroxylation sites is 1. The number of fused-ring (bicyclic) bond motifs is 1. The van der Waals surface area contributed by atoms with Crippen LogP contribution in [0, 0.1) is 5.82 Å². The Labute approximate surface area is 203 Å². The number of hydrogen-bond donors (Lipinski definition) is 1. The first-order chi connectivity index (χ1) is 16.9. The lowest BCUT2D eigenvalue weighted by molar-refractivity contribution is -0.116. The predicted molar refractivity (Wildman–Crippen MR) is 131 cm³/mol. The Morgan fingerprint density at radius 1 is 1.14 bits per heavy atom. The van der Waals surface area contributed by atoms with Crippen molar-refractivity contribution < 1.29 is 23.5 Å². The molecule has 2 aromatic heterocycles. The number of carbonyl (C=O) groups is 2. The molecule has 0 unspecified atom stereocenters. The second-order valence-electron chi connectivity index (χ2n) is 7.49. The van der Waals surface area contributed by atoms with Gasteiger partial charge in [0.15, 0.2) is 5.69 Å². The average Bonchev–Trinajstić information content (AvgIpc) is 3.28. The van der Waals surface area contributed by atoms with Crippen LogP contribution in [-0.2, 0) is 16.0 Å². The molecular formula is C25H22FN3O5S. The van der Waals surface area contributed by atoms with Crippen molar-refractivity contribution in [3.05, 3.63) is 81.3 Å². The molecule has 0 aliphatic rings. The highest BCUT2D eigenvalue weighted by Gasteiger charge is 2.24. The lowest BCUT2D eigenvalue weighted by Gasteiger charge is -2.10. The molecular weight excluding hydrogens is 473 g/mol. The number of aromatic nitrogens is 2. The Morgan fingerprint density at radius 3 is 2.57 bits per heavy atom. The van der Waals surface area contributed by atoms with Crippen molar-refractivity contribution in [2.45, 2.75) is 19.8 Å². The van der Waals surface area contributed by atoms with Crippen LogP contribution in [0.2, 0.25) is 0 Å². The molecule has 2 heterocycles. The van der Waals surface area contributed by atoms with Gasteiger partial charge in [0.25, 0.3) is 5.56 Å². The number of thiophene rings is 1. The summed E-state index contributed by atoms with van der Waals surface area (Å²) in [4.78, 5) is 38.6. The monoisotopic (exact) mass is 495 g/mol. The summed E-state index contributed by atoms with van der Waals surface area (Å²) in [6.07, 6.45) is 0.650. The van der Waals surface area contributed by atoms with E-state index in [0.29, 0.717) is 6.42 Å². The van der Waals surface area contributed by atoms with Gasteiger partial charge in [-0.1, -0.05) is 24.3 Å². The fourth-order valence-corrected chi connectivity index (χ4v) is 4.47. The van der Waals surface area contributed by atoms with Gasteiger partial charge in [-0.05, 0) is 43.2 Å². The number of nitrogens with one attached hydrogen (secondary N) is 1. The lowest BCUT2D eigenvalue weighted by atomic mass is 10.1. The number of aryl methyl sites for hydroxylation is 1. The van der Waals surface area contributed by atoms with Crippen LogP contribution in [0.15, 0.2) is 58.7 Å². The van der Waals surface area contributed by atoms with E-state index >= 15 is 0 Å². The fraction of sp³-hybridized carbons (Fsp3) is 0.200. The molecule has 1 amide bonds. The summed E-state index contributed by atoms with van der Waals surface area (Å²) in [6, 6.07) is 13.0. The van der Waals surface area contributed by atoms with Crippen molar-refractivity contribution in [2.75, 3.05) is 19.0 Å². The molecule has 0 aliphatic heterocycles. The van der Waals surface area contributed by atoms with Gasteiger partial charge >= 0.3 is 5.97 Å². The number of benzene rings is 2. The van der Waals surface area contributed by atoms with E-state index < -0.39 is 17.3 Å². The number of nitrogens with zero attached hydrogens (tertiary/aromatic N) is 2. The molecule has 0 aliphatic carbocycles. The summed E-state index contributed by atoms with van der Waals surface area (Å²) in [5, 5.41) is 8.97. The van der Waals surface area contributed by atoms with Crippen molar-refractivity contribution in [2.24, 2.45) is 0 Å². The quantitative estimate of drug-likeness (QED) is 0.365. The van der Waals surface area contributed by atoms with Crippen molar-refractivity contribution in [3.8, 4) is 11.4 Å². The summed E-state index contributed by atoms with van der Waals surface area (Å²) >= 11 is 1.09. The van der Waals surface area contributed by atoms with Gasteiger partial charge in [0.05, 0.1) is 19.1 Å². The van der Waals surface area contributed by atoms with E-state index in [0.717, 1.165) is 27.3 Å². The highest BCUT2D eigenvalue weighted by molar-refractivity contribution is 7.16. The number of ether oxygens (including phenoxy) is 2. The van der Waals surface area contributed by atoms with Crippen molar-refractivity contribution in [3.63, 3.8) is 0 Å². The van der Waals surface area contributed by atoms with Crippen LogP contribution < -0.4 is 15.6 Å². The molecule has 0 radical (unpaired) electrons. The Bertz CT molecular complexity index is 1450. The number of anilines is 1. The van der Waals surface area contributed by atoms with Crippen LogP contribution in [0.25, 0.3) is 16.5 Å². The van der Waals surface area contributed by atoms with Gasteiger partial charge in [-0.2, -0.15) is 9.78 Å². The second-order valence-corrected chi connectivity index (χ2v) is 8.37. The molecule has 180 valence electrons. The summed E-state index contributed by atoms with van der Waals surface area (Å²) in [5.41, 5.74) is 0.0326. The third-order valence-corrected chi connectivity index (χ3v) is 6.15. The molecule has 1 N–H and O–H groups in total. The van der Waals surface area contributed by atoms with E-state index in [1.165, 1.54) is 18.2 Å². The van der Waals surface area contributed by atoms with Crippen LogP contribution in [0.1, 0.15) is 29.4 Å². The third kappa shape index (κ3) is 5.07. The summed E-state index contributed by atoms with van der Waals surface area (Å²) in [7, 11) is 1.58. The number of esters is 1. The smallest absolute Gasteiger partial charge is 0.359 e. The third-order valence-electron chi connectivity index (χ3n) is 5.25. The largest absolute Gasteiger partial charge is 0.497 e. The van der Waals surface area contributed by atoms with E-state index in [1.807, 2.05) is 24.3 Å². The Morgan fingerprint density at radius 2 is 1.89 bits per heavy atom. The van der Waals surface area contributed by atoms with E-state index in [-0.39, 0.29) is 46.1 Å². The molecule has 0 spiro atoms. The summed E-state index contributed by atoms with van der Waals surface area (Å²) in [5.74, 6) is -1.02. The number of rotatable bonds is 8. The average molecular weight is 496 g/mol. The molecule has 4 aromatic rings. The summed E-state index contributed by atoms with van der Waals surface area (Å²) in [6.45, 7) is 1.74.